The molecule has 0 bridgehead atoms. The van der Waals surface area contributed by atoms with E-state index in [9.17, 15) is 14.4 Å². The Labute approximate surface area is 192 Å². The minimum atomic E-state index is -1.13. The molecule has 1 heterocycles. The molecule has 2 aromatic rings. The zero-order chi connectivity index (χ0) is 23.3. The van der Waals surface area contributed by atoms with E-state index in [0.717, 1.165) is 0 Å². The number of allylic oxidation sites excluding steroid dienone is 1. The van der Waals surface area contributed by atoms with Gasteiger partial charge in [-0.15, -0.1) is 0 Å². The molecule has 0 saturated heterocycles. The van der Waals surface area contributed by atoms with E-state index < -0.39 is 24.6 Å². The Morgan fingerprint density at radius 1 is 1.19 bits per heavy atom. The van der Waals surface area contributed by atoms with E-state index in [1.807, 2.05) is 6.07 Å². The van der Waals surface area contributed by atoms with Crippen LogP contribution in [0.1, 0.15) is 25.5 Å². The van der Waals surface area contributed by atoms with E-state index in [1.165, 1.54) is 0 Å². The van der Waals surface area contributed by atoms with Gasteiger partial charge in [0.2, 0.25) is 0 Å². The summed E-state index contributed by atoms with van der Waals surface area (Å²) in [6.07, 6.45) is 0. The predicted molar refractivity (Wildman–Crippen MR) is 121 cm³/mol. The summed E-state index contributed by atoms with van der Waals surface area (Å²) in [4.78, 5) is 36.2. The van der Waals surface area contributed by atoms with Crippen LogP contribution < -0.4 is 25.4 Å². The van der Waals surface area contributed by atoms with Crippen LogP contribution in [0.5, 0.6) is 11.5 Å². The minimum absolute atomic E-state index is 0.217. The van der Waals surface area contributed by atoms with Crippen LogP contribution in [-0.4, -0.2) is 36.2 Å². The van der Waals surface area contributed by atoms with Crippen LogP contribution in [0, 0.1) is 0 Å². The molecule has 0 unspecified atom stereocenters. The van der Waals surface area contributed by atoms with Crippen LogP contribution in [0.3, 0.4) is 0 Å². The summed E-state index contributed by atoms with van der Waals surface area (Å²) in [5, 5.41) is 17.2. The maximum atomic E-state index is 13.1. The molecule has 0 aliphatic carbocycles. The number of aliphatic carboxylic acids is 1. The normalized spacial score (nSPS) is 15.5. The average molecular weight is 504 g/mol. The molecule has 0 spiro atoms. The van der Waals surface area contributed by atoms with Crippen molar-refractivity contribution in [2.75, 3.05) is 18.5 Å². The number of carboxylic acids is 1. The number of urea groups is 1. The van der Waals surface area contributed by atoms with Gasteiger partial charge < -0.3 is 30.5 Å². The van der Waals surface area contributed by atoms with Crippen molar-refractivity contribution in [1.82, 2.24) is 10.6 Å². The van der Waals surface area contributed by atoms with Crippen molar-refractivity contribution in [2.45, 2.75) is 19.9 Å². The summed E-state index contributed by atoms with van der Waals surface area (Å²) in [7, 11) is 0. The van der Waals surface area contributed by atoms with E-state index in [2.05, 4.69) is 31.9 Å². The topological polar surface area (TPSA) is 126 Å². The number of hydrogen-bond acceptors (Lipinski definition) is 5. The highest BCUT2D eigenvalue weighted by Gasteiger charge is 2.32. The molecule has 3 rings (SSSR count). The first-order valence-corrected chi connectivity index (χ1v) is 10.5. The van der Waals surface area contributed by atoms with Crippen molar-refractivity contribution in [3.8, 4) is 11.5 Å². The van der Waals surface area contributed by atoms with Gasteiger partial charge in [-0.05, 0) is 59.6 Å². The van der Waals surface area contributed by atoms with Gasteiger partial charge in [-0.25, -0.2) is 9.59 Å². The van der Waals surface area contributed by atoms with Crippen LogP contribution in [0.4, 0.5) is 10.5 Å². The zero-order valence-corrected chi connectivity index (χ0v) is 19.0. The predicted octanol–water partition coefficient (Wildman–Crippen LogP) is 3.58. The molecule has 3 amide bonds. The molecule has 1 aliphatic rings. The van der Waals surface area contributed by atoms with E-state index in [-0.39, 0.29) is 17.4 Å². The monoisotopic (exact) mass is 503 g/mol. The van der Waals surface area contributed by atoms with Gasteiger partial charge >= 0.3 is 12.0 Å². The number of ether oxygens (including phenoxy) is 2. The fourth-order valence-corrected chi connectivity index (χ4v) is 3.83. The Morgan fingerprint density at radius 3 is 2.56 bits per heavy atom. The molecular weight excluding hydrogens is 482 g/mol. The lowest BCUT2D eigenvalue weighted by molar-refractivity contribution is -0.139. The molecule has 10 heteroatoms. The van der Waals surface area contributed by atoms with Gasteiger partial charge in [0.15, 0.2) is 18.1 Å². The first-order valence-electron chi connectivity index (χ1n) is 9.75. The van der Waals surface area contributed by atoms with Crippen LogP contribution in [-0.2, 0) is 9.59 Å². The standard InChI is InChI=1S/C22H22BrN3O6/c1-3-31-16-10-13(9-15(23)20(16)32-11-17(27)28)19-18(12(2)24-22(30)26-19)21(29)25-14-7-5-4-6-8-14/h4-10,19H,3,11H2,1-2H3,(H,25,29)(H,27,28)(H2,24,26,30)/t19-/m1/s1. The molecule has 168 valence electrons. The highest BCUT2D eigenvalue weighted by Crippen LogP contribution is 2.40. The fraction of sp³-hybridized carbons (Fsp3) is 0.227. The van der Waals surface area contributed by atoms with Crippen LogP contribution in [0.25, 0.3) is 0 Å². The summed E-state index contributed by atoms with van der Waals surface area (Å²) >= 11 is 3.38. The Hall–Kier alpha value is -3.53. The van der Waals surface area contributed by atoms with Crippen molar-refractivity contribution in [3.63, 3.8) is 0 Å². The number of hydrogen-bond donors (Lipinski definition) is 4. The maximum absolute atomic E-state index is 13.1. The number of anilines is 1. The zero-order valence-electron chi connectivity index (χ0n) is 17.4. The summed E-state index contributed by atoms with van der Waals surface area (Å²) in [6.45, 7) is 3.17. The maximum Gasteiger partial charge on any atom is 0.341 e. The van der Waals surface area contributed by atoms with Gasteiger partial charge in [-0.2, -0.15) is 0 Å². The molecule has 0 radical (unpaired) electrons. The highest BCUT2D eigenvalue weighted by molar-refractivity contribution is 9.10. The number of halogens is 1. The smallest absolute Gasteiger partial charge is 0.341 e. The third-order valence-electron chi connectivity index (χ3n) is 4.55. The Bertz CT molecular complexity index is 1070. The quantitative estimate of drug-likeness (QED) is 0.436. The number of carbonyl (C=O) groups is 3. The lowest BCUT2D eigenvalue weighted by Crippen LogP contribution is -2.46. The Kier molecular flexibility index (Phi) is 7.37. The highest BCUT2D eigenvalue weighted by atomic mass is 79.9. The van der Waals surface area contributed by atoms with Gasteiger partial charge in [0.05, 0.1) is 22.7 Å². The van der Waals surface area contributed by atoms with Gasteiger partial charge in [0.25, 0.3) is 5.91 Å². The fourth-order valence-electron chi connectivity index (χ4n) is 3.26. The molecule has 0 saturated carbocycles. The number of rotatable bonds is 8. The molecular formula is C22H22BrN3O6. The van der Waals surface area contributed by atoms with Crippen molar-refractivity contribution in [1.29, 1.82) is 0 Å². The third-order valence-corrected chi connectivity index (χ3v) is 5.14. The van der Waals surface area contributed by atoms with E-state index in [1.54, 1.807) is 50.2 Å². The van der Waals surface area contributed by atoms with Crippen molar-refractivity contribution < 1.29 is 29.0 Å². The molecule has 32 heavy (non-hydrogen) atoms. The molecule has 4 N–H and O–H groups in total. The number of para-hydroxylation sites is 1. The minimum Gasteiger partial charge on any atom is -0.490 e. The number of amides is 3. The van der Waals surface area contributed by atoms with Gasteiger partial charge in [-0.1, -0.05) is 18.2 Å². The van der Waals surface area contributed by atoms with E-state index >= 15 is 0 Å². The first kappa shape index (κ1) is 23.1. The first-order chi connectivity index (χ1) is 15.3. The van der Waals surface area contributed by atoms with Crippen molar-refractivity contribution in [2.24, 2.45) is 0 Å². The number of carboxylic acid groups (broad SMARTS) is 1. The molecule has 0 fully saturated rings. The lowest BCUT2D eigenvalue weighted by atomic mass is 9.94. The number of benzene rings is 2. The second-order valence-corrected chi connectivity index (χ2v) is 7.69. The molecule has 1 aliphatic heterocycles. The van der Waals surface area contributed by atoms with Gasteiger partial charge in [0.1, 0.15) is 0 Å². The second kappa shape index (κ2) is 10.2. The molecule has 0 aromatic heterocycles. The van der Waals surface area contributed by atoms with Crippen LogP contribution >= 0.6 is 15.9 Å². The van der Waals surface area contributed by atoms with Crippen molar-refractivity contribution in [3.05, 3.63) is 63.8 Å². The van der Waals surface area contributed by atoms with Gasteiger partial charge in [-0.3, -0.25) is 4.79 Å². The van der Waals surface area contributed by atoms with Crippen LogP contribution in [0.2, 0.25) is 0 Å². The van der Waals surface area contributed by atoms with Crippen molar-refractivity contribution >= 4 is 39.5 Å². The summed E-state index contributed by atoms with van der Waals surface area (Å²) in [5.74, 6) is -1.01. The molecule has 2 aromatic carbocycles. The SMILES string of the molecule is CCOc1cc([C@H]2NC(=O)NC(C)=C2C(=O)Nc2ccccc2)cc(Br)c1OCC(=O)O. The average Bonchev–Trinajstić information content (AvgIpc) is 2.73. The van der Waals surface area contributed by atoms with E-state index in [4.69, 9.17) is 14.6 Å². The molecule has 1 atom stereocenters. The van der Waals surface area contributed by atoms with E-state index in [0.29, 0.717) is 33.6 Å². The number of nitrogens with one attached hydrogen (secondary N) is 3. The number of carbonyl (C=O) groups excluding carboxylic acids is 2. The summed E-state index contributed by atoms with van der Waals surface area (Å²) in [5.41, 5.74) is 1.90. The largest absolute Gasteiger partial charge is 0.490 e. The second-order valence-electron chi connectivity index (χ2n) is 6.84. The molecule has 9 nitrogen and oxygen atoms in total. The Balaban J connectivity index is 2.00. The van der Waals surface area contributed by atoms with Crippen LogP contribution in [0.15, 0.2) is 58.2 Å². The third kappa shape index (κ3) is 5.38. The lowest BCUT2D eigenvalue weighted by Gasteiger charge is -2.29. The Morgan fingerprint density at radius 2 is 1.91 bits per heavy atom. The summed E-state index contributed by atoms with van der Waals surface area (Å²) < 4.78 is 11.4. The van der Waals surface area contributed by atoms with Gasteiger partial charge in [0, 0.05) is 11.4 Å². The summed E-state index contributed by atoms with van der Waals surface area (Å²) in [6, 6.07) is 11.0.